The maximum atomic E-state index is 14.2. The minimum absolute atomic E-state index is 0.120. The second-order valence-corrected chi connectivity index (χ2v) is 12.6. The number of carbonyl (C=O) groups excluding carboxylic acids is 2. The number of aromatic nitrogens is 5. The number of rotatable bonds is 8. The molecule has 5 aromatic rings. The number of methoxy groups -OCH3 is 2. The van der Waals surface area contributed by atoms with Crippen LogP contribution in [0.1, 0.15) is 59.9 Å². The lowest BCUT2D eigenvalue weighted by Crippen LogP contribution is -2.29. The minimum Gasteiger partial charge on any atom is -0.495 e. The van der Waals surface area contributed by atoms with Crippen LogP contribution in [-0.2, 0) is 23.1 Å². The third kappa shape index (κ3) is 6.28. The maximum Gasteiger partial charge on any atom is 0.357 e. The molecule has 47 heavy (non-hydrogen) atoms. The summed E-state index contributed by atoms with van der Waals surface area (Å²) in [5, 5.41) is 0. The molecule has 0 radical (unpaired) electrons. The Kier molecular flexibility index (Phi) is 8.45. The van der Waals surface area contributed by atoms with Gasteiger partial charge in [0.25, 0.3) is 0 Å². The Morgan fingerprint density at radius 3 is 2.26 bits per heavy atom. The van der Waals surface area contributed by atoms with Gasteiger partial charge < -0.3 is 18.8 Å². The van der Waals surface area contributed by atoms with Gasteiger partial charge in [-0.3, -0.25) is 14.0 Å². The molecule has 0 saturated carbocycles. The van der Waals surface area contributed by atoms with Crippen LogP contribution in [0, 0.1) is 0 Å². The van der Waals surface area contributed by atoms with Gasteiger partial charge in [0.2, 0.25) is 0 Å². The number of esters is 2. The lowest BCUT2D eigenvalue weighted by molar-refractivity contribution is 0.00581. The molecule has 244 valence electrons. The molecule has 1 saturated heterocycles. The Morgan fingerprint density at radius 2 is 1.62 bits per heavy atom. The summed E-state index contributed by atoms with van der Waals surface area (Å²) in [5.41, 5.74) is 3.87. The van der Waals surface area contributed by atoms with Crippen molar-refractivity contribution in [2.24, 2.45) is 7.05 Å². The van der Waals surface area contributed by atoms with Gasteiger partial charge in [0.15, 0.2) is 5.65 Å². The van der Waals surface area contributed by atoms with Crippen LogP contribution in [0.4, 0.5) is 0 Å². The molecule has 1 atom stereocenters. The molecule has 0 aliphatic carbocycles. The summed E-state index contributed by atoms with van der Waals surface area (Å²) in [5.74, 6) is 0.489. The second kappa shape index (κ2) is 12.5. The van der Waals surface area contributed by atoms with Crippen LogP contribution in [0.5, 0.6) is 5.75 Å². The molecule has 0 spiro atoms. The van der Waals surface area contributed by atoms with Gasteiger partial charge in [-0.05, 0) is 62.6 Å². The van der Waals surface area contributed by atoms with E-state index in [0.717, 1.165) is 29.9 Å². The fourth-order valence-electron chi connectivity index (χ4n) is 5.97. The van der Waals surface area contributed by atoms with Gasteiger partial charge >= 0.3 is 17.6 Å². The van der Waals surface area contributed by atoms with Crippen molar-refractivity contribution in [1.29, 1.82) is 0 Å². The van der Waals surface area contributed by atoms with E-state index in [-0.39, 0.29) is 17.7 Å². The number of hydrogen-bond acceptors (Lipinski definition) is 9. The zero-order valence-corrected chi connectivity index (χ0v) is 27.4. The van der Waals surface area contributed by atoms with E-state index in [1.54, 1.807) is 45.3 Å². The number of carbonyl (C=O) groups is 2. The van der Waals surface area contributed by atoms with Crippen LogP contribution in [0.15, 0.2) is 71.8 Å². The van der Waals surface area contributed by atoms with E-state index in [9.17, 15) is 14.4 Å². The fourth-order valence-corrected chi connectivity index (χ4v) is 5.97. The van der Waals surface area contributed by atoms with Gasteiger partial charge in [0, 0.05) is 26.2 Å². The monoisotopic (exact) mass is 638 g/mol. The number of likely N-dealkylation sites (tertiary alicyclic amines) is 1. The summed E-state index contributed by atoms with van der Waals surface area (Å²) < 4.78 is 21.0. The first-order valence-electron chi connectivity index (χ1n) is 15.4. The topological polar surface area (TPSA) is 123 Å². The van der Waals surface area contributed by atoms with Crippen LogP contribution >= 0.6 is 0 Å². The molecular formula is C35H38N6O6. The molecule has 2 aromatic carbocycles. The normalized spacial score (nSPS) is 15.2. The van der Waals surface area contributed by atoms with Gasteiger partial charge in [-0.25, -0.2) is 24.4 Å². The first-order chi connectivity index (χ1) is 22.5. The number of hydrogen-bond donors (Lipinski definition) is 0. The molecule has 0 amide bonds. The molecular weight excluding hydrogens is 600 g/mol. The van der Waals surface area contributed by atoms with Crippen molar-refractivity contribution in [3.8, 4) is 22.6 Å². The second-order valence-electron chi connectivity index (χ2n) is 12.6. The van der Waals surface area contributed by atoms with E-state index in [1.807, 2.05) is 70.3 Å². The highest BCUT2D eigenvalue weighted by Crippen LogP contribution is 2.29. The lowest BCUT2D eigenvalue weighted by atomic mass is 10.0. The van der Waals surface area contributed by atoms with Crippen LogP contribution < -0.4 is 10.4 Å². The first kappa shape index (κ1) is 31.7. The number of benzene rings is 2. The van der Waals surface area contributed by atoms with Gasteiger partial charge in [-0.2, -0.15) is 0 Å². The summed E-state index contributed by atoms with van der Waals surface area (Å²) in [6.45, 7) is 7.38. The Morgan fingerprint density at radius 1 is 0.936 bits per heavy atom. The largest absolute Gasteiger partial charge is 0.495 e. The molecule has 12 heteroatoms. The Balaban J connectivity index is 1.27. The minimum atomic E-state index is -0.602. The molecule has 1 fully saturated rings. The van der Waals surface area contributed by atoms with Crippen LogP contribution in [0.3, 0.4) is 0 Å². The standard InChI is InChI=1S/C35H38N6O6/c1-35(2,3)47-33(43)29-19-36-30(38(29)4)21-39-16-15-26(20-39)41-31-28(17-27(45-5)18-37-31)40(34(41)44)25-13-11-23(12-14-25)22-7-9-24(10-8-22)32(42)46-6/h7-14,17-19,26H,15-16,20-21H2,1-6H3/t26-/m0/s1. The molecule has 6 rings (SSSR count). The van der Waals surface area contributed by atoms with Gasteiger partial charge in [-0.1, -0.05) is 24.3 Å². The summed E-state index contributed by atoms with van der Waals surface area (Å²) in [7, 11) is 4.74. The van der Waals surface area contributed by atoms with E-state index >= 15 is 0 Å². The van der Waals surface area contributed by atoms with Crippen LogP contribution in [-0.4, -0.2) is 73.4 Å². The summed E-state index contributed by atoms with van der Waals surface area (Å²) in [6.07, 6.45) is 3.92. The third-order valence-corrected chi connectivity index (χ3v) is 8.36. The zero-order chi connectivity index (χ0) is 33.5. The van der Waals surface area contributed by atoms with Crippen molar-refractivity contribution in [3.63, 3.8) is 0 Å². The number of imidazole rings is 2. The number of fused-ring (bicyclic) bond motifs is 1. The predicted molar refractivity (Wildman–Crippen MR) is 176 cm³/mol. The molecule has 4 heterocycles. The summed E-state index contributed by atoms with van der Waals surface area (Å²) >= 11 is 0. The van der Waals surface area contributed by atoms with Crippen LogP contribution in [0.25, 0.3) is 28.0 Å². The van der Waals surface area contributed by atoms with Gasteiger partial charge in [0.1, 0.15) is 22.9 Å². The van der Waals surface area contributed by atoms with Crippen molar-refractivity contribution < 1.29 is 23.8 Å². The highest BCUT2D eigenvalue weighted by atomic mass is 16.6. The Hall–Kier alpha value is -5.23. The SMILES string of the molecule is COC(=O)c1ccc(-c2ccc(-n3c(=O)n([C@H]4CCN(Cc5ncc(C(=O)OC(C)(C)C)n5C)C4)c4ncc(OC)cc43)cc2)cc1. The van der Waals surface area contributed by atoms with Gasteiger partial charge in [-0.15, -0.1) is 0 Å². The molecule has 1 aliphatic rings. The van der Waals surface area contributed by atoms with Crippen molar-refractivity contribution in [3.05, 3.63) is 94.6 Å². The Labute approximate surface area is 272 Å². The molecule has 0 unspecified atom stereocenters. The average Bonchev–Trinajstić information content (AvgIpc) is 3.74. The van der Waals surface area contributed by atoms with E-state index in [1.165, 1.54) is 7.11 Å². The van der Waals surface area contributed by atoms with E-state index in [4.69, 9.17) is 14.2 Å². The van der Waals surface area contributed by atoms with Crippen LogP contribution in [0.2, 0.25) is 0 Å². The molecule has 0 N–H and O–H groups in total. The van der Waals surface area contributed by atoms with Crippen molar-refractivity contribution in [2.75, 3.05) is 27.3 Å². The molecule has 0 bridgehead atoms. The van der Waals surface area contributed by atoms with E-state index in [0.29, 0.717) is 46.9 Å². The maximum absolute atomic E-state index is 14.2. The molecule has 3 aromatic heterocycles. The summed E-state index contributed by atoms with van der Waals surface area (Å²) in [6, 6.07) is 16.6. The highest BCUT2D eigenvalue weighted by Gasteiger charge is 2.30. The number of pyridine rings is 1. The molecule has 12 nitrogen and oxygen atoms in total. The number of nitrogens with zero attached hydrogens (tertiary/aromatic N) is 6. The van der Waals surface area contributed by atoms with E-state index in [2.05, 4.69) is 14.9 Å². The predicted octanol–water partition coefficient (Wildman–Crippen LogP) is 4.79. The third-order valence-electron chi connectivity index (χ3n) is 8.36. The highest BCUT2D eigenvalue weighted by molar-refractivity contribution is 5.90. The van der Waals surface area contributed by atoms with E-state index < -0.39 is 11.6 Å². The quantitative estimate of drug-likeness (QED) is 0.221. The lowest BCUT2D eigenvalue weighted by Gasteiger charge is -2.20. The fraction of sp³-hybridized carbons (Fsp3) is 0.343. The van der Waals surface area contributed by atoms with Gasteiger partial charge in [0.05, 0.1) is 56.0 Å². The Bertz CT molecular complexity index is 2000. The van der Waals surface area contributed by atoms with Crippen molar-refractivity contribution >= 4 is 23.1 Å². The first-order valence-corrected chi connectivity index (χ1v) is 15.4. The average molecular weight is 639 g/mol. The van der Waals surface area contributed by atoms with Crippen molar-refractivity contribution in [2.45, 2.75) is 45.4 Å². The smallest absolute Gasteiger partial charge is 0.357 e. The number of ether oxygens (including phenoxy) is 3. The zero-order valence-electron chi connectivity index (χ0n) is 27.4. The summed E-state index contributed by atoms with van der Waals surface area (Å²) in [4.78, 5) is 50.1. The van der Waals surface area contributed by atoms with Crippen molar-refractivity contribution in [1.82, 2.24) is 28.6 Å². The molecule has 1 aliphatic heterocycles.